The highest BCUT2D eigenvalue weighted by atomic mass is 16.5. The lowest BCUT2D eigenvalue weighted by atomic mass is 10.1. The van der Waals surface area contributed by atoms with E-state index in [9.17, 15) is 9.59 Å². The molecule has 5 rings (SSSR count). The quantitative estimate of drug-likeness (QED) is 0.197. The highest BCUT2D eigenvalue weighted by Gasteiger charge is 2.25. The van der Waals surface area contributed by atoms with Crippen molar-refractivity contribution in [1.82, 2.24) is 24.3 Å². The number of amides is 2. The summed E-state index contributed by atoms with van der Waals surface area (Å²) in [5, 5.41) is 10.5. The van der Waals surface area contributed by atoms with Crippen LogP contribution in [0.25, 0.3) is 11.0 Å². The third kappa shape index (κ3) is 5.90. The molecule has 1 saturated carbocycles. The van der Waals surface area contributed by atoms with E-state index in [1.165, 1.54) is 0 Å². The Morgan fingerprint density at radius 2 is 2.05 bits per heavy atom. The maximum atomic E-state index is 13.3. The minimum atomic E-state index is -0.583. The third-order valence-electron chi connectivity index (χ3n) is 6.60. The van der Waals surface area contributed by atoms with Gasteiger partial charge in [0.05, 0.1) is 23.5 Å². The summed E-state index contributed by atoms with van der Waals surface area (Å²) in [6, 6.07) is 8.54. The molecule has 1 aliphatic rings. The molecule has 12 heteroatoms. The molecule has 6 N–H and O–H groups in total. The number of hydrogen-bond acceptors (Lipinski definition) is 8. The number of hydrogen-bond donors (Lipinski definition) is 4. The molecular formula is C28H33N9O3. The van der Waals surface area contributed by atoms with Gasteiger partial charge in [-0.2, -0.15) is 5.10 Å². The molecule has 0 unspecified atom stereocenters. The maximum Gasteiger partial charge on any atom is 0.276 e. The number of imidazole rings is 1. The van der Waals surface area contributed by atoms with Crippen molar-refractivity contribution >= 4 is 40.3 Å². The Morgan fingerprint density at radius 1 is 1.23 bits per heavy atom. The third-order valence-corrected chi connectivity index (χ3v) is 6.60. The number of carbonyl (C=O) groups excluding carboxylic acids is 2. The van der Waals surface area contributed by atoms with E-state index in [1.54, 1.807) is 41.2 Å². The number of primary amides is 1. The summed E-state index contributed by atoms with van der Waals surface area (Å²) >= 11 is 0. The molecule has 1 aliphatic carbocycles. The van der Waals surface area contributed by atoms with Crippen LogP contribution in [0, 0.1) is 12.8 Å². The van der Waals surface area contributed by atoms with E-state index < -0.39 is 5.91 Å². The number of aromatic nitrogens is 5. The van der Waals surface area contributed by atoms with Crippen LogP contribution in [0.3, 0.4) is 0 Å². The minimum Gasteiger partial charge on any atom is -0.491 e. The SMILES string of the molecule is CCn1nc(C)cc1C(=O)Nc1nc2cc(C(N)=O)cc(OCC3CC3)c2n1C/C=C/CNc1ncccc1N. The predicted octanol–water partition coefficient (Wildman–Crippen LogP) is 3.35. The monoisotopic (exact) mass is 543 g/mol. The van der Waals surface area contributed by atoms with Crippen LogP contribution in [-0.2, 0) is 13.1 Å². The van der Waals surface area contributed by atoms with Gasteiger partial charge in [0.15, 0.2) is 0 Å². The number of pyridine rings is 1. The number of nitrogens with zero attached hydrogens (tertiary/aromatic N) is 5. The Balaban J connectivity index is 1.48. The van der Waals surface area contributed by atoms with Gasteiger partial charge in [-0.1, -0.05) is 12.2 Å². The summed E-state index contributed by atoms with van der Waals surface area (Å²) in [7, 11) is 0. The zero-order valence-electron chi connectivity index (χ0n) is 22.6. The topological polar surface area (TPSA) is 168 Å². The number of fused-ring (bicyclic) bond motifs is 1. The van der Waals surface area contributed by atoms with E-state index in [2.05, 4.69) is 25.7 Å². The molecule has 0 spiro atoms. The summed E-state index contributed by atoms with van der Waals surface area (Å²) in [5.41, 5.74) is 14.7. The molecule has 3 heterocycles. The number of rotatable bonds is 12. The Bertz CT molecular complexity index is 1580. The molecule has 3 aromatic heterocycles. The molecule has 0 aliphatic heterocycles. The summed E-state index contributed by atoms with van der Waals surface area (Å²) in [6.07, 6.45) is 7.77. The zero-order valence-corrected chi connectivity index (χ0v) is 22.6. The van der Waals surface area contributed by atoms with E-state index in [4.69, 9.17) is 16.2 Å². The minimum absolute atomic E-state index is 0.285. The number of nitrogens with two attached hydrogens (primary N) is 2. The Kier molecular flexibility index (Phi) is 7.67. The fourth-order valence-corrected chi connectivity index (χ4v) is 4.37. The zero-order chi connectivity index (χ0) is 28.2. The van der Waals surface area contributed by atoms with Gasteiger partial charge in [-0.25, -0.2) is 9.97 Å². The first-order chi connectivity index (χ1) is 19.3. The van der Waals surface area contributed by atoms with E-state index in [0.29, 0.717) is 72.1 Å². The number of allylic oxidation sites excluding steroid dienone is 1. The molecule has 0 saturated heterocycles. The van der Waals surface area contributed by atoms with Gasteiger partial charge in [0.25, 0.3) is 5.91 Å². The molecular weight excluding hydrogens is 510 g/mol. The highest BCUT2D eigenvalue weighted by molar-refractivity contribution is 6.04. The van der Waals surface area contributed by atoms with Crippen molar-refractivity contribution in [2.45, 2.75) is 39.8 Å². The fraction of sp³-hybridized carbons (Fsp3) is 0.321. The molecule has 1 aromatic carbocycles. The number of aryl methyl sites for hydroxylation is 2. The van der Waals surface area contributed by atoms with Gasteiger partial charge in [0.1, 0.15) is 22.8 Å². The van der Waals surface area contributed by atoms with Gasteiger partial charge in [0.2, 0.25) is 11.9 Å². The molecule has 12 nitrogen and oxygen atoms in total. The van der Waals surface area contributed by atoms with Crippen LogP contribution in [0.5, 0.6) is 5.75 Å². The second-order valence-electron chi connectivity index (χ2n) is 9.74. The normalized spacial score (nSPS) is 13.2. The average molecular weight is 544 g/mol. The lowest BCUT2D eigenvalue weighted by Crippen LogP contribution is -2.20. The first-order valence-electron chi connectivity index (χ1n) is 13.3. The smallest absolute Gasteiger partial charge is 0.276 e. The number of anilines is 3. The van der Waals surface area contributed by atoms with Crippen LogP contribution in [0.2, 0.25) is 0 Å². The number of nitrogen functional groups attached to an aromatic ring is 1. The average Bonchev–Trinajstić information content (AvgIpc) is 3.59. The lowest BCUT2D eigenvalue weighted by molar-refractivity contribution is 0.0995. The summed E-state index contributed by atoms with van der Waals surface area (Å²) in [6.45, 7) is 5.69. The molecule has 0 radical (unpaired) electrons. The van der Waals surface area contributed by atoms with E-state index in [-0.39, 0.29) is 11.5 Å². The molecule has 2 amide bonds. The fourth-order valence-electron chi connectivity index (χ4n) is 4.37. The van der Waals surface area contributed by atoms with Gasteiger partial charge in [-0.15, -0.1) is 0 Å². The number of ether oxygens (including phenoxy) is 1. The standard InChI is InChI=1S/C28H33N9O3/c1-3-37-22(13-17(2)35-37)27(39)34-28-33-21-14-19(25(30)38)15-23(40-16-18-8-9-18)24(21)36(28)12-5-4-10-31-26-20(29)7-6-11-32-26/h4-7,11,13-15,18H,3,8-10,12,16,29H2,1-2H3,(H2,30,38)(H,31,32)(H,33,34,39)/b5-4+. The van der Waals surface area contributed by atoms with Crippen LogP contribution >= 0.6 is 0 Å². The van der Waals surface area contributed by atoms with Gasteiger partial charge in [-0.3, -0.25) is 19.6 Å². The first kappa shape index (κ1) is 26.7. The van der Waals surface area contributed by atoms with Gasteiger partial charge in [0, 0.05) is 31.4 Å². The van der Waals surface area contributed by atoms with Crippen molar-refractivity contribution < 1.29 is 14.3 Å². The van der Waals surface area contributed by atoms with E-state index in [0.717, 1.165) is 18.5 Å². The summed E-state index contributed by atoms with van der Waals surface area (Å²) in [4.78, 5) is 34.3. The Labute approximate surface area is 231 Å². The van der Waals surface area contributed by atoms with Crippen molar-refractivity contribution in [3.8, 4) is 5.75 Å². The van der Waals surface area contributed by atoms with Crippen LogP contribution in [0.4, 0.5) is 17.5 Å². The van der Waals surface area contributed by atoms with Crippen molar-refractivity contribution in [3.63, 3.8) is 0 Å². The maximum absolute atomic E-state index is 13.3. The van der Waals surface area contributed by atoms with Crippen molar-refractivity contribution in [1.29, 1.82) is 0 Å². The van der Waals surface area contributed by atoms with Gasteiger partial charge < -0.3 is 26.1 Å². The second-order valence-corrected chi connectivity index (χ2v) is 9.74. The van der Waals surface area contributed by atoms with Crippen LogP contribution in [-0.4, -0.2) is 49.3 Å². The second kappa shape index (κ2) is 11.5. The Hall–Kier alpha value is -4.87. The molecule has 208 valence electrons. The van der Waals surface area contributed by atoms with Crippen LogP contribution < -0.4 is 26.8 Å². The van der Waals surface area contributed by atoms with Gasteiger partial charge in [-0.05, 0) is 62.9 Å². The van der Waals surface area contributed by atoms with Gasteiger partial charge >= 0.3 is 0 Å². The number of benzene rings is 1. The number of carbonyl (C=O) groups is 2. The van der Waals surface area contributed by atoms with Crippen LogP contribution in [0.1, 0.15) is 46.3 Å². The van der Waals surface area contributed by atoms with E-state index in [1.807, 2.05) is 30.6 Å². The molecule has 0 bridgehead atoms. The predicted molar refractivity (Wildman–Crippen MR) is 153 cm³/mol. The molecule has 40 heavy (non-hydrogen) atoms. The summed E-state index contributed by atoms with van der Waals surface area (Å²) in [5.74, 6) is 0.974. The largest absolute Gasteiger partial charge is 0.491 e. The Morgan fingerprint density at radius 3 is 2.77 bits per heavy atom. The van der Waals surface area contributed by atoms with Crippen LogP contribution in [0.15, 0.2) is 48.7 Å². The van der Waals surface area contributed by atoms with Crippen molar-refractivity contribution in [3.05, 3.63) is 65.6 Å². The molecule has 0 atom stereocenters. The van der Waals surface area contributed by atoms with E-state index >= 15 is 0 Å². The summed E-state index contributed by atoms with van der Waals surface area (Å²) < 4.78 is 9.66. The lowest BCUT2D eigenvalue weighted by Gasteiger charge is -2.13. The molecule has 4 aromatic rings. The molecule has 1 fully saturated rings. The van der Waals surface area contributed by atoms with Crippen molar-refractivity contribution in [2.75, 3.05) is 29.5 Å². The van der Waals surface area contributed by atoms with Crippen molar-refractivity contribution in [2.24, 2.45) is 11.7 Å². The number of nitrogens with one attached hydrogen (secondary N) is 2. The first-order valence-corrected chi connectivity index (χ1v) is 13.3. The highest BCUT2D eigenvalue weighted by Crippen LogP contribution is 2.34.